The number of ether oxygens (including phenoxy) is 1. The molecule has 7 heteroatoms. The quantitative estimate of drug-likeness (QED) is 0.581. The highest BCUT2D eigenvalue weighted by molar-refractivity contribution is 5.68. The van der Waals surface area contributed by atoms with Crippen LogP contribution in [0.5, 0.6) is 5.75 Å². The molecule has 0 aromatic heterocycles. The maximum Gasteiger partial charge on any atom is 0.311 e. The standard InChI is InChI=1S/C13H18N2O5/c1-3-8-20-12-9-10(4-5-11(12)15(18)19)14(2)7-6-13(16)17/h4-5,9H,3,6-8H2,1-2H3,(H,16,17). The SMILES string of the molecule is CCCOc1cc(N(C)CCC(=O)O)ccc1[N+](=O)[O-]. The van der Waals surface area contributed by atoms with Gasteiger partial charge in [0.1, 0.15) is 0 Å². The Labute approximate surface area is 116 Å². The van der Waals surface area contributed by atoms with Gasteiger partial charge in [0.25, 0.3) is 0 Å². The summed E-state index contributed by atoms with van der Waals surface area (Å²) in [5, 5.41) is 19.6. The monoisotopic (exact) mass is 282 g/mol. The zero-order chi connectivity index (χ0) is 15.1. The van der Waals surface area contributed by atoms with E-state index in [0.29, 0.717) is 18.8 Å². The van der Waals surface area contributed by atoms with Crippen molar-refractivity contribution >= 4 is 17.3 Å². The summed E-state index contributed by atoms with van der Waals surface area (Å²) in [6.45, 7) is 2.62. The smallest absolute Gasteiger partial charge is 0.311 e. The van der Waals surface area contributed by atoms with Crippen LogP contribution in [0.1, 0.15) is 19.8 Å². The van der Waals surface area contributed by atoms with E-state index in [1.165, 1.54) is 6.07 Å². The maximum atomic E-state index is 10.9. The van der Waals surface area contributed by atoms with Crippen LogP contribution in [0.3, 0.4) is 0 Å². The number of carbonyl (C=O) groups is 1. The van der Waals surface area contributed by atoms with Gasteiger partial charge >= 0.3 is 11.7 Å². The summed E-state index contributed by atoms with van der Waals surface area (Å²) in [7, 11) is 1.73. The number of benzene rings is 1. The van der Waals surface area contributed by atoms with E-state index in [1.54, 1.807) is 24.1 Å². The van der Waals surface area contributed by atoms with Gasteiger partial charge < -0.3 is 14.7 Å². The molecule has 0 atom stereocenters. The molecule has 0 saturated carbocycles. The zero-order valence-electron chi connectivity index (χ0n) is 11.5. The van der Waals surface area contributed by atoms with Gasteiger partial charge in [-0.25, -0.2) is 0 Å². The van der Waals surface area contributed by atoms with Crippen molar-refractivity contribution in [2.75, 3.05) is 25.1 Å². The average Bonchev–Trinajstić information content (AvgIpc) is 2.41. The Kier molecular flexibility index (Phi) is 5.76. The fraction of sp³-hybridized carbons (Fsp3) is 0.462. The number of nitro groups is 1. The molecule has 0 bridgehead atoms. The van der Waals surface area contributed by atoms with Gasteiger partial charge in [0.15, 0.2) is 5.75 Å². The van der Waals surface area contributed by atoms with E-state index in [0.717, 1.165) is 6.42 Å². The molecule has 0 aliphatic rings. The fourth-order valence-corrected chi connectivity index (χ4v) is 1.61. The van der Waals surface area contributed by atoms with Gasteiger partial charge in [-0.2, -0.15) is 0 Å². The summed E-state index contributed by atoms with van der Waals surface area (Å²) >= 11 is 0. The van der Waals surface area contributed by atoms with Crippen molar-refractivity contribution in [3.63, 3.8) is 0 Å². The number of carboxylic acid groups (broad SMARTS) is 1. The number of rotatable bonds is 8. The molecule has 0 fully saturated rings. The van der Waals surface area contributed by atoms with E-state index in [4.69, 9.17) is 9.84 Å². The van der Waals surface area contributed by atoms with Crippen molar-refractivity contribution in [3.8, 4) is 5.75 Å². The average molecular weight is 282 g/mol. The van der Waals surface area contributed by atoms with Crippen LogP contribution >= 0.6 is 0 Å². The number of aliphatic carboxylic acids is 1. The van der Waals surface area contributed by atoms with E-state index in [-0.39, 0.29) is 17.9 Å². The molecule has 0 spiro atoms. The lowest BCUT2D eigenvalue weighted by atomic mass is 10.2. The van der Waals surface area contributed by atoms with Crippen molar-refractivity contribution in [1.82, 2.24) is 0 Å². The van der Waals surface area contributed by atoms with Gasteiger partial charge in [-0.05, 0) is 12.5 Å². The minimum Gasteiger partial charge on any atom is -0.487 e. The van der Waals surface area contributed by atoms with Crippen LogP contribution in [0.15, 0.2) is 18.2 Å². The number of anilines is 1. The van der Waals surface area contributed by atoms with E-state index in [2.05, 4.69) is 0 Å². The molecule has 20 heavy (non-hydrogen) atoms. The Bertz CT molecular complexity index is 490. The Morgan fingerprint density at radius 2 is 2.20 bits per heavy atom. The Balaban J connectivity index is 2.92. The Morgan fingerprint density at radius 3 is 2.75 bits per heavy atom. The van der Waals surface area contributed by atoms with E-state index < -0.39 is 10.9 Å². The summed E-state index contributed by atoms with van der Waals surface area (Å²) < 4.78 is 5.38. The van der Waals surface area contributed by atoms with Crippen LogP contribution in [0.2, 0.25) is 0 Å². The van der Waals surface area contributed by atoms with Gasteiger partial charge in [-0.3, -0.25) is 14.9 Å². The fourth-order valence-electron chi connectivity index (χ4n) is 1.61. The molecule has 0 heterocycles. The third-order valence-electron chi connectivity index (χ3n) is 2.70. The summed E-state index contributed by atoms with van der Waals surface area (Å²) in [5.74, 6) is -0.683. The molecule has 0 aliphatic carbocycles. The van der Waals surface area contributed by atoms with E-state index >= 15 is 0 Å². The van der Waals surface area contributed by atoms with Crippen molar-refractivity contribution < 1.29 is 19.6 Å². The van der Waals surface area contributed by atoms with E-state index in [9.17, 15) is 14.9 Å². The van der Waals surface area contributed by atoms with Gasteiger partial charge in [-0.15, -0.1) is 0 Å². The lowest BCUT2D eigenvalue weighted by Crippen LogP contribution is -2.21. The molecule has 110 valence electrons. The van der Waals surface area contributed by atoms with Crippen LogP contribution < -0.4 is 9.64 Å². The van der Waals surface area contributed by atoms with Crippen LogP contribution in [0.4, 0.5) is 11.4 Å². The lowest BCUT2D eigenvalue weighted by molar-refractivity contribution is -0.385. The van der Waals surface area contributed by atoms with Gasteiger partial charge in [-0.1, -0.05) is 6.92 Å². The van der Waals surface area contributed by atoms with Crippen LogP contribution in [0.25, 0.3) is 0 Å². The number of nitrogens with zero attached hydrogens (tertiary/aromatic N) is 2. The molecule has 0 aliphatic heterocycles. The predicted molar refractivity (Wildman–Crippen MR) is 74.4 cm³/mol. The number of hydrogen-bond donors (Lipinski definition) is 1. The second-order valence-electron chi connectivity index (χ2n) is 4.32. The van der Waals surface area contributed by atoms with E-state index in [1.807, 2.05) is 6.92 Å². The minimum absolute atomic E-state index is 0.00135. The number of nitro benzene ring substituents is 1. The third kappa shape index (κ3) is 4.42. The van der Waals surface area contributed by atoms with Crippen molar-refractivity contribution in [1.29, 1.82) is 0 Å². The highest BCUT2D eigenvalue weighted by atomic mass is 16.6. The molecule has 0 amide bonds. The van der Waals surface area contributed by atoms with Crippen LogP contribution in [-0.4, -0.2) is 36.2 Å². The highest BCUT2D eigenvalue weighted by Gasteiger charge is 2.17. The first-order valence-corrected chi connectivity index (χ1v) is 6.30. The second-order valence-corrected chi connectivity index (χ2v) is 4.32. The molecular formula is C13H18N2O5. The van der Waals surface area contributed by atoms with Crippen LogP contribution in [-0.2, 0) is 4.79 Å². The molecule has 7 nitrogen and oxygen atoms in total. The molecule has 0 unspecified atom stereocenters. The predicted octanol–water partition coefficient (Wildman–Crippen LogP) is 2.29. The molecular weight excluding hydrogens is 264 g/mol. The summed E-state index contributed by atoms with van der Waals surface area (Å²) in [4.78, 5) is 22.7. The van der Waals surface area contributed by atoms with Crippen molar-refractivity contribution in [2.45, 2.75) is 19.8 Å². The van der Waals surface area contributed by atoms with Gasteiger partial charge in [0, 0.05) is 31.4 Å². The second kappa shape index (κ2) is 7.32. The molecule has 1 aromatic carbocycles. The highest BCUT2D eigenvalue weighted by Crippen LogP contribution is 2.31. The Morgan fingerprint density at radius 1 is 1.50 bits per heavy atom. The van der Waals surface area contributed by atoms with Crippen LogP contribution in [0, 0.1) is 10.1 Å². The first-order valence-electron chi connectivity index (χ1n) is 6.30. The summed E-state index contributed by atoms with van der Waals surface area (Å²) in [6, 6.07) is 4.52. The topological polar surface area (TPSA) is 92.9 Å². The molecule has 1 aromatic rings. The van der Waals surface area contributed by atoms with Crippen molar-refractivity contribution in [3.05, 3.63) is 28.3 Å². The van der Waals surface area contributed by atoms with Gasteiger partial charge in [0.2, 0.25) is 0 Å². The third-order valence-corrected chi connectivity index (χ3v) is 2.70. The first kappa shape index (κ1) is 15.7. The van der Waals surface area contributed by atoms with Crippen molar-refractivity contribution in [2.24, 2.45) is 0 Å². The first-order chi connectivity index (χ1) is 9.45. The van der Waals surface area contributed by atoms with Gasteiger partial charge in [0.05, 0.1) is 18.0 Å². The Hall–Kier alpha value is -2.31. The maximum absolute atomic E-state index is 10.9. The molecule has 0 saturated heterocycles. The summed E-state index contributed by atoms with van der Waals surface area (Å²) in [5.41, 5.74) is 0.594. The minimum atomic E-state index is -0.888. The normalized spacial score (nSPS) is 10.1. The summed E-state index contributed by atoms with van der Waals surface area (Å²) in [6.07, 6.45) is 0.745. The molecule has 1 N–H and O–H groups in total. The molecule has 0 radical (unpaired) electrons. The zero-order valence-corrected chi connectivity index (χ0v) is 11.5. The molecule has 1 rings (SSSR count). The lowest BCUT2D eigenvalue weighted by Gasteiger charge is -2.19. The largest absolute Gasteiger partial charge is 0.487 e. The number of hydrogen-bond acceptors (Lipinski definition) is 5. The number of carboxylic acids is 1.